The summed E-state index contributed by atoms with van der Waals surface area (Å²) in [5.74, 6) is -1.06. The fourth-order valence-electron chi connectivity index (χ4n) is 3.12. The molecule has 130 valence electrons. The summed E-state index contributed by atoms with van der Waals surface area (Å²) in [6, 6.07) is 15.6. The van der Waals surface area contributed by atoms with Gasteiger partial charge in [-0.25, -0.2) is 14.8 Å². The predicted octanol–water partition coefficient (Wildman–Crippen LogP) is 4.55. The molecule has 0 fully saturated rings. The summed E-state index contributed by atoms with van der Waals surface area (Å²) >= 11 is 0. The molecule has 5 heteroatoms. The quantitative estimate of drug-likeness (QED) is 0.579. The van der Waals surface area contributed by atoms with Crippen molar-refractivity contribution < 1.29 is 9.90 Å². The smallest absolute Gasteiger partial charge is 0.354 e. The zero-order valence-corrected chi connectivity index (χ0v) is 14.9. The molecule has 0 saturated carbocycles. The van der Waals surface area contributed by atoms with Crippen LogP contribution in [0.1, 0.15) is 36.8 Å². The van der Waals surface area contributed by atoms with Gasteiger partial charge in [-0.2, -0.15) is 0 Å². The van der Waals surface area contributed by atoms with Crippen LogP contribution in [0.5, 0.6) is 0 Å². The lowest BCUT2D eigenvalue weighted by atomic mass is 9.86. The summed E-state index contributed by atoms with van der Waals surface area (Å²) < 4.78 is 1.99. The lowest BCUT2D eigenvalue weighted by Gasteiger charge is -2.19. The van der Waals surface area contributed by atoms with Crippen LogP contribution in [-0.2, 0) is 5.41 Å². The molecule has 4 rings (SSSR count). The molecule has 0 aliphatic heterocycles. The van der Waals surface area contributed by atoms with Crippen molar-refractivity contribution in [3.8, 4) is 11.3 Å². The van der Waals surface area contributed by atoms with Crippen LogP contribution in [0.3, 0.4) is 0 Å². The van der Waals surface area contributed by atoms with Crippen molar-refractivity contribution >= 4 is 22.6 Å². The maximum Gasteiger partial charge on any atom is 0.354 e. The van der Waals surface area contributed by atoms with Crippen molar-refractivity contribution in [1.82, 2.24) is 14.4 Å². The molecule has 0 aliphatic rings. The van der Waals surface area contributed by atoms with Crippen LogP contribution >= 0.6 is 0 Å². The minimum Gasteiger partial charge on any atom is -0.477 e. The number of hydrogen-bond donors (Lipinski definition) is 1. The second kappa shape index (κ2) is 5.66. The number of carbonyl (C=O) groups is 1. The molecule has 1 aromatic carbocycles. The summed E-state index contributed by atoms with van der Waals surface area (Å²) in [4.78, 5) is 20.1. The van der Waals surface area contributed by atoms with Crippen LogP contribution in [0.4, 0.5) is 0 Å². The van der Waals surface area contributed by atoms with Gasteiger partial charge in [-0.05, 0) is 35.2 Å². The summed E-state index contributed by atoms with van der Waals surface area (Å²) in [7, 11) is 0. The first kappa shape index (κ1) is 16.3. The number of aromatic nitrogens is 3. The average Bonchev–Trinajstić information content (AvgIpc) is 3.09. The van der Waals surface area contributed by atoms with Gasteiger partial charge >= 0.3 is 5.97 Å². The highest BCUT2D eigenvalue weighted by molar-refractivity contribution is 5.90. The summed E-state index contributed by atoms with van der Waals surface area (Å²) in [5, 5.41) is 9.21. The topological polar surface area (TPSA) is 67.5 Å². The third kappa shape index (κ3) is 2.62. The molecule has 0 unspecified atom stereocenters. The highest BCUT2D eigenvalue weighted by Crippen LogP contribution is 2.29. The Morgan fingerprint density at radius 2 is 1.69 bits per heavy atom. The van der Waals surface area contributed by atoms with Gasteiger partial charge in [-0.3, -0.25) is 0 Å². The largest absolute Gasteiger partial charge is 0.477 e. The van der Waals surface area contributed by atoms with Crippen LogP contribution in [0, 0.1) is 0 Å². The number of benzene rings is 1. The standard InChI is InChI=1S/C21H19N3O2/c1-21(2,3)14-8-6-13(7-9-14)18-16-5-4-12-24(16)17-11-10-15(20(25)26)22-19(17)23-18/h4-12H,1-3H3,(H,25,26). The number of carboxylic acids is 1. The number of hydrogen-bond acceptors (Lipinski definition) is 3. The van der Waals surface area contributed by atoms with E-state index in [-0.39, 0.29) is 11.1 Å². The molecule has 0 atom stereocenters. The van der Waals surface area contributed by atoms with Crippen LogP contribution < -0.4 is 0 Å². The molecular weight excluding hydrogens is 326 g/mol. The van der Waals surface area contributed by atoms with Crippen molar-refractivity contribution in [3.05, 3.63) is 66.0 Å². The first-order valence-corrected chi connectivity index (χ1v) is 8.46. The fourth-order valence-corrected chi connectivity index (χ4v) is 3.12. The minimum atomic E-state index is -1.06. The van der Waals surface area contributed by atoms with E-state index in [1.54, 1.807) is 6.07 Å². The van der Waals surface area contributed by atoms with E-state index >= 15 is 0 Å². The Balaban J connectivity index is 1.95. The minimum absolute atomic E-state index is 0.00876. The Morgan fingerprint density at radius 3 is 2.35 bits per heavy atom. The zero-order chi connectivity index (χ0) is 18.5. The Hall–Kier alpha value is -3.21. The molecule has 0 saturated heterocycles. The van der Waals surface area contributed by atoms with Gasteiger partial charge in [0, 0.05) is 11.8 Å². The van der Waals surface area contributed by atoms with E-state index in [1.165, 1.54) is 11.6 Å². The van der Waals surface area contributed by atoms with Gasteiger partial charge in [0.25, 0.3) is 0 Å². The molecule has 3 heterocycles. The summed E-state index contributed by atoms with van der Waals surface area (Å²) in [5.41, 5.74) is 5.26. The third-order valence-electron chi connectivity index (χ3n) is 4.57. The van der Waals surface area contributed by atoms with E-state index in [2.05, 4.69) is 55.0 Å². The van der Waals surface area contributed by atoms with Gasteiger partial charge in [0.15, 0.2) is 11.3 Å². The van der Waals surface area contributed by atoms with E-state index in [9.17, 15) is 9.90 Å². The third-order valence-corrected chi connectivity index (χ3v) is 4.57. The molecule has 0 radical (unpaired) electrons. The van der Waals surface area contributed by atoms with Crippen molar-refractivity contribution in [1.29, 1.82) is 0 Å². The van der Waals surface area contributed by atoms with Gasteiger partial charge in [0.05, 0.1) is 16.7 Å². The molecule has 5 nitrogen and oxygen atoms in total. The van der Waals surface area contributed by atoms with Gasteiger partial charge in [-0.1, -0.05) is 45.0 Å². The van der Waals surface area contributed by atoms with Gasteiger partial charge < -0.3 is 9.51 Å². The number of carboxylic acid groups (broad SMARTS) is 1. The maximum absolute atomic E-state index is 11.2. The highest BCUT2D eigenvalue weighted by Gasteiger charge is 2.16. The first-order chi connectivity index (χ1) is 12.3. The van der Waals surface area contributed by atoms with Crippen molar-refractivity contribution in [3.63, 3.8) is 0 Å². The Kier molecular flexibility index (Phi) is 3.54. The lowest BCUT2D eigenvalue weighted by Crippen LogP contribution is -2.10. The molecule has 0 bridgehead atoms. The molecule has 3 aromatic heterocycles. The fraction of sp³-hybridized carbons (Fsp3) is 0.190. The Labute approximate surface area is 151 Å². The van der Waals surface area contributed by atoms with Gasteiger partial charge in [-0.15, -0.1) is 0 Å². The van der Waals surface area contributed by atoms with E-state index in [1.807, 2.05) is 22.7 Å². The van der Waals surface area contributed by atoms with Crippen molar-refractivity contribution in [2.24, 2.45) is 0 Å². The van der Waals surface area contributed by atoms with E-state index < -0.39 is 5.97 Å². The summed E-state index contributed by atoms with van der Waals surface area (Å²) in [6.07, 6.45) is 1.94. The second-order valence-electron chi connectivity index (χ2n) is 7.40. The lowest BCUT2D eigenvalue weighted by molar-refractivity contribution is 0.0691. The van der Waals surface area contributed by atoms with Gasteiger partial charge in [0.1, 0.15) is 0 Å². The molecule has 26 heavy (non-hydrogen) atoms. The SMILES string of the molecule is CC(C)(C)c1ccc(-c2nc3nc(C(=O)O)ccc3n3cccc23)cc1. The van der Waals surface area contributed by atoms with Crippen molar-refractivity contribution in [2.45, 2.75) is 26.2 Å². The van der Waals surface area contributed by atoms with Crippen LogP contribution in [0.25, 0.3) is 27.9 Å². The second-order valence-corrected chi connectivity index (χ2v) is 7.40. The molecule has 4 aromatic rings. The van der Waals surface area contributed by atoms with Crippen LogP contribution in [-0.4, -0.2) is 25.4 Å². The average molecular weight is 345 g/mol. The number of aromatic carboxylic acids is 1. The predicted molar refractivity (Wildman–Crippen MR) is 102 cm³/mol. The Morgan fingerprint density at radius 1 is 0.962 bits per heavy atom. The maximum atomic E-state index is 11.2. The van der Waals surface area contributed by atoms with E-state index in [0.29, 0.717) is 5.65 Å². The molecule has 0 amide bonds. The zero-order valence-electron chi connectivity index (χ0n) is 14.9. The first-order valence-electron chi connectivity index (χ1n) is 8.46. The molecule has 0 aliphatic carbocycles. The van der Waals surface area contributed by atoms with Crippen LogP contribution in [0.2, 0.25) is 0 Å². The Bertz CT molecular complexity index is 1140. The number of rotatable bonds is 2. The molecule has 1 N–H and O–H groups in total. The molecular formula is C21H19N3O2. The monoisotopic (exact) mass is 345 g/mol. The summed E-state index contributed by atoms with van der Waals surface area (Å²) in [6.45, 7) is 6.54. The van der Waals surface area contributed by atoms with E-state index in [0.717, 1.165) is 22.3 Å². The van der Waals surface area contributed by atoms with Crippen LogP contribution in [0.15, 0.2) is 54.7 Å². The molecule has 0 spiro atoms. The highest BCUT2D eigenvalue weighted by atomic mass is 16.4. The van der Waals surface area contributed by atoms with Gasteiger partial charge in [0.2, 0.25) is 0 Å². The normalized spacial score (nSPS) is 12.0. The number of nitrogens with zero attached hydrogens (tertiary/aromatic N) is 3. The number of fused-ring (bicyclic) bond motifs is 3. The van der Waals surface area contributed by atoms with E-state index in [4.69, 9.17) is 0 Å². The van der Waals surface area contributed by atoms with Crippen molar-refractivity contribution in [2.75, 3.05) is 0 Å². The number of pyridine rings is 1.